The summed E-state index contributed by atoms with van der Waals surface area (Å²) in [7, 11) is 0. The Morgan fingerprint density at radius 3 is 1.00 bits per heavy atom. The zero-order valence-electron chi connectivity index (χ0n) is 3.57. The Kier molecular flexibility index (Phi) is 98.6. The number of carboxylic acid groups (broad SMARTS) is 2. The van der Waals surface area contributed by atoms with Crippen LogP contribution in [0.4, 0.5) is 0 Å². The standard InChI is InChI=1S/2CH2O2.Mg/c2*2-1-3;/h2*1H,(H,2,3);. The first-order chi connectivity index (χ1) is 2.83. The predicted octanol–water partition coefficient (Wildman–Crippen LogP) is -0.979. The van der Waals surface area contributed by atoms with Gasteiger partial charge in [0.1, 0.15) is 0 Å². The lowest BCUT2D eigenvalue weighted by molar-refractivity contribution is -0.123. The van der Waals surface area contributed by atoms with E-state index in [1.165, 1.54) is 0 Å². The maximum absolute atomic E-state index is 8.36. The summed E-state index contributed by atoms with van der Waals surface area (Å²) in [6, 6.07) is 0. The molecule has 0 aliphatic rings. The van der Waals surface area contributed by atoms with Gasteiger partial charge in [0, 0.05) is 23.1 Å². The maximum Gasteiger partial charge on any atom is 0.290 e. The van der Waals surface area contributed by atoms with Crippen molar-refractivity contribution in [1.82, 2.24) is 0 Å². The van der Waals surface area contributed by atoms with E-state index in [0.717, 1.165) is 0 Å². The van der Waals surface area contributed by atoms with Gasteiger partial charge in [-0.25, -0.2) is 0 Å². The molecule has 0 amide bonds. The van der Waals surface area contributed by atoms with Crippen LogP contribution in [0.3, 0.4) is 0 Å². The van der Waals surface area contributed by atoms with Crippen LogP contribution in [0.5, 0.6) is 0 Å². The van der Waals surface area contributed by atoms with Crippen molar-refractivity contribution in [2.45, 2.75) is 0 Å². The fourth-order valence-corrected chi connectivity index (χ4v) is 0. The SMILES string of the molecule is O=CO.O=CO.[Mg]. The van der Waals surface area contributed by atoms with Crippen LogP contribution in [-0.4, -0.2) is 46.2 Å². The van der Waals surface area contributed by atoms with Gasteiger partial charge in [0.05, 0.1) is 0 Å². The molecule has 0 fully saturated rings. The van der Waals surface area contributed by atoms with Gasteiger partial charge < -0.3 is 10.2 Å². The summed E-state index contributed by atoms with van der Waals surface area (Å²) in [5.74, 6) is 0. The molecule has 5 heteroatoms. The van der Waals surface area contributed by atoms with E-state index in [-0.39, 0.29) is 36.0 Å². The van der Waals surface area contributed by atoms with Crippen LogP contribution < -0.4 is 0 Å². The van der Waals surface area contributed by atoms with Crippen molar-refractivity contribution in [2.75, 3.05) is 0 Å². The van der Waals surface area contributed by atoms with Gasteiger partial charge in [-0.1, -0.05) is 0 Å². The van der Waals surface area contributed by atoms with Crippen LogP contribution in [0.15, 0.2) is 0 Å². The molecule has 0 aliphatic heterocycles. The molecule has 0 unspecified atom stereocenters. The van der Waals surface area contributed by atoms with Crippen molar-refractivity contribution in [3.8, 4) is 0 Å². The third-order valence-electron chi connectivity index (χ3n) is 0. The predicted molar refractivity (Wildman–Crippen MR) is 23.1 cm³/mol. The lowest BCUT2D eigenvalue weighted by Crippen LogP contribution is -1.49. The van der Waals surface area contributed by atoms with Gasteiger partial charge in [-0.2, -0.15) is 0 Å². The minimum absolute atomic E-state index is 0. The molecule has 7 heavy (non-hydrogen) atoms. The number of carbonyl (C=O) groups is 2. The Labute approximate surface area is 56.3 Å². The Balaban J connectivity index is -0.0000000400. The van der Waals surface area contributed by atoms with Crippen LogP contribution in [0.1, 0.15) is 0 Å². The molecule has 0 aliphatic carbocycles. The highest BCUT2D eigenvalue weighted by molar-refractivity contribution is 5.75. The number of hydrogen-bond donors (Lipinski definition) is 2. The second-order valence-electron chi connectivity index (χ2n) is 0.211. The van der Waals surface area contributed by atoms with E-state index in [1.807, 2.05) is 0 Å². The highest BCUT2D eigenvalue weighted by atomic mass is 24.3. The molecule has 0 aromatic heterocycles. The molecule has 0 aromatic rings. The van der Waals surface area contributed by atoms with Crippen molar-refractivity contribution < 1.29 is 19.8 Å². The maximum atomic E-state index is 8.36. The molecule has 38 valence electrons. The van der Waals surface area contributed by atoms with Crippen LogP contribution in [-0.2, 0) is 9.59 Å². The van der Waals surface area contributed by atoms with Crippen molar-refractivity contribution >= 4 is 36.0 Å². The molecule has 4 nitrogen and oxygen atoms in total. The summed E-state index contributed by atoms with van der Waals surface area (Å²) in [5.41, 5.74) is 0. The van der Waals surface area contributed by atoms with Crippen molar-refractivity contribution in [2.24, 2.45) is 0 Å². The molecule has 0 saturated carbocycles. The summed E-state index contributed by atoms with van der Waals surface area (Å²) < 4.78 is 0. The van der Waals surface area contributed by atoms with E-state index < -0.39 is 0 Å². The largest absolute Gasteiger partial charge is 0.483 e. The summed E-state index contributed by atoms with van der Waals surface area (Å²) in [6.07, 6.45) is 0. The first-order valence-electron chi connectivity index (χ1n) is 0.988. The van der Waals surface area contributed by atoms with E-state index in [4.69, 9.17) is 19.8 Å². The normalized spacial score (nSPS) is 3.43. The molecular formula is C2H4MgO4. The van der Waals surface area contributed by atoms with Gasteiger partial charge in [-0.3, -0.25) is 9.59 Å². The number of hydrogen-bond acceptors (Lipinski definition) is 2. The fourth-order valence-electron chi connectivity index (χ4n) is 0. The first kappa shape index (κ1) is 15.9. The smallest absolute Gasteiger partial charge is 0.290 e. The molecule has 0 spiro atoms. The molecule has 2 radical (unpaired) electrons. The molecule has 0 heterocycles. The molecule has 0 atom stereocenters. The fraction of sp³-hybridized carbons (Fsp3) is 0. The van der Waals surface area contributed by atoms with Gasteiger partial charge in [-0.05, 0) is 0 Å². The highest BCUT2D eigenvalue weighted by Gasteiger charge is 1.22. The summed E-state index contributed by atoms with van der Waals surface area (Å²) in [4.78, 5) is 16.7. The minimum Gasteiger partial charge on any atom is -0.483 e. The Morgan fingerprint density at radius 1 is 1.00 bits per heavy atom. The topological polar surface area (TPSA) is 74.6 Å². The van der Waals surface area contributed by atoms with Crippen molar-refractivity contribution in [3.05, 3.63) is 0 Å². The van der Waals surface area contributed by atoms with Crippen LogP contribution in [0.2, 0.25) is 0 Å². The number of rotatable bonds is 0. The summed E-state index contributed by atoms with van der Waals surface area (Å²) in [5, 5.41) is 13.8. The molecule has 2 N–H and O–H groups in total. The molecule has 0 rings (SSSR count). The second-order valence-corrected chi connectivity index (χ2v) is 0.211. The Morgan fingerprint density at radius 2 is 1.00 bits per heavy atom. The van der Waals surface area contributed by atoms with E-state index in [0.29, 0.717) is 0 Å². The third-order valence-corrected chi connectivity index (χ3v) is 0. The van der Waals surface area contributed by atoms with Crippen molar-refractivity contribution in [1.29, 1.82) is 0 Å². The Hall–Kier alpha value is -0.294. The summed E-state index contributed by atoms with van der Waals surface area (Å²) in [6.45, 7) is -0.500. The van der Waals surface area contributed by atoms with Crippen LogP contribution >= 0.6 is 0 Å². The lowest BCUT2D eigenvalue weighted by Gasteiger charge is -1.34. The first-order valence-corrected chi connectivity index (χ1v) is 0.988. The molecule has 0 bridgehead atoms. The zero-order valence-corrected chi connectivity index (χ0v) is 4.99. The van der Waals surface area contributed by atoms with Gasteiger partial charge in [0.15, 0.2) is 0 Å². The van der Waals surface area contributed by atoms with Gasteiger partial charge >= 0.3 is 0 Å². The van der Waals surface area contributed by atoms with Gasteiger partial charge in [-0.15, -0.1) is 0 Å². The van der Waals surface area contributed by atoms with E-state index >= 15 is 0 Å². The molecule has 0 saturated heterocycles. The zero-order chi connectivity index (χ0) is 5.41. The van der Waals surface area contributed by atoms with Crippen LogP contribution in [0.25, 0.3) is 0 Å². The van der Waals surface area contributed by atoms with Gasteiger partial charge in [0.25, 0.3) is 12.9 Å². The van der Waals surface area contributed by atoms with E-state index in [9.17, 15) is 0 Å². The molecular weight excluding hydrogens is 112 g/mol. The Bertz CT molecular complexity index is 30.7. The second kappa shape index (κ2) is 43.4. The highest BCUT2D eigenvalue weighted by Crippen LogP contribution is 0.969. The minimum atomic E-state index is -0.250. The van der Waals surface area contributed by atoms with E-state index in [1.54, 1.807) is 0 Å². The van der Waals surface area contributed by atoms with Crippen LogP contribution in [0, 0.1) is 0 Å². The average Bonchev–Trinajstić information content (AvgIpc) is 1.39. The van der Waals surface area contributed by atoms with Crippen molar-refractivity contribution in [3.63, 3.8) is 0 Å². The quantitative estimate of drug-likeness (QED) is 0.315. The molecule has 0 aromatic carbocycles. The van der Waals surface area contributed by atoms with Gasteiger partial charge in [0.2, 0.25) is 0 Å². The van der Waals surface area contributed by atoms with E-state index in [2.05, 4.69) is 0 Å². The monoisotopic (exact) mass is 116 g/mol. The summed E-state index contributed by atoms with van der Waals surface area (Å²) >= 11 is 0. The third kappa shape index (κ3) is 908. The lowest BCUT2D eigenvalue weighted by atomic mass is 11.7. The average molecular weight is 116 g/mol.